The van der Waals surface area contributed by atoms with Gasteiger partial charge in [-0.2, -0.15) is 0 Å². The molecule has 0 radical (unpaired) electrons. The molecule has 31 heavy (non-hydrogen) atoms. The summed E-state index contributed by atoms with van der Waals surface area (Å²) in [6, 6.07) is 14.2. The van der Waals surface area contributed by atoms with E-state index >= 15 is 0 Å². The van der Waals surface area contributed by atoms with Crippen molar-refractivity contribution in [3.63, 3.8) is 0 Å². The van der Waals surface area contributed by atoms with Crippen LogP contribution in [0.5, 0.6) is 5.75 Å². The summed E-state index contributed by atoms with van der Waals surface area (Å²) < 4.78 is 19.7. The zero-order chi connectivity index (χ0) is 22.0. The fourth-order valence-electron chi connectivity index (χ4n) is 4.04. The number of nitrogens with zero attached hydrogens (tertiary/aromatic N) is 1. The van der Waals surface area contributed by atoms with E-state index in [4.69, 9.17) is 4.74 Å². The van der Waals surface area contributed by atoms with Crippen molar-refractivity contribution in [2.75, 3.05) is 19.8 Å². The number of nitrogens with one attached hydrogen (secondary N) is 2. The van der Waals surface area contributed by atoms with Gasteiger partial charge in [0, 0.05) is 31.5 Å². The van der Waals surface area contributed by atoms with Crippen molar-refractivity contribution in [3.05, 3.63) is 65.2 Å². The van der Waals surface area contributed by atoms with Gasteiger partial charge in [0.1, 0.15) is 18.5 Å². The van der Waals surface area contributed by atoms with Gasteiger partial charge in [-0.3, -0.25) is 14.9 Å². The van der Waals surface area contributed by atoms with Crippen LogP contribution in [0.15, 0.2) is 48.5 Å². The first-order chi connectivity index (χ1) is 14.9. The minimum absolute atomic E-state index is 0.0666. The lowest BCUT2D eigenvalue weighted by Crippen LogP contribution is -2.46. The fourth-order valence-corrected chi connectivity index (χ4v) is 4.04. The second-order valence-electron chi connectivity index (χ2n) is 8.06. The van der Waals surface area contributed by atoms with Gasteiger partial charge in [-0.1, -0.05) is 29.8 Å². The quantitative estimate of drug-likeness (QED) is 0.678. The molecule has 2 saturated heterocycles. The number of amides is 2. The van der Waals surface area contributed by atoms with E-state index in [0.29, 0.717) is 24.2 Å². The lowest BCUT2D eigenvalue weighted by Gasteiger charge is -2.32. The Balaban J connectivity index is 1.37. The monoisotopic (exact) mass is 427 g/mol. The van der Waals surface area contributed by atoms with Gasteiger partial charge in [0.25, 0.3) is 11.8 Å². The number of hydrogen-bond donors (Lipinski definition) is 3. The van der Waals surface area contributed by atoms with Gasteiger partial charge in [0.15, 0.2) is 11.9 Å². The van der Waals surface area contributed by atoms with Gasteiger partial charge in [0.2, 0.25) is 0 Å². The number of aryl methyl sites for hydroxylation is 1. The fraction of sp³-hybridized carbons (Fsp3) is 0.391. The van der Waals surface area contributed by atoms with Crippen LogP contribution < -0.4 is 15.4 Å². The van der Waals surface area contributed by atoms with Gasteiger partial charge >= 0.3 is 0 Å². The summed E-state index contributed by atoms with van der Waals surface area (Å²) >= 11 is 0. The predicted octanol–water partition coefficient (Wildman–Crippen LogP) is 1.84. The van der Waals surface area contributed by atoms with Crippen molar-refractivity contribution in [3.8, 4) is 5.75 Å². The molecule has 2 unspecified atom stereocenters. The van der Waals surface area contributed by atoms with Crippen molar-refractivity contribution >= 4 is 11.8 Å². The Labute approximate surface area is 180 Å². The molecule has 0 aromatic heterocycles. The molecule has 8 heteroatoms. The van der Waals surface area contributed by atoms with Crippen LogP contribution >= 0.6 is 0 Å². The number of carbonyl (C=O) groups excluding carboxylic acids is 2. The highest BCUT2D eigenvalue weighted by atomic mass is 19.1. The molecule has 3 N–H and O–H groups in total. The topological polar surface area (TPSA) is 90.9 Å². The van der Waals surface area contributed by atoms with Crippen LogP contribution in [-0.2, 0) is 10.3 Å². The maximum Gasteiger partial charge on any atom is 0.253 e. The minimum Gasteiger partial charge on any atom is -0.490 e. The molecule has 7 nitrogen and oxygen atoms in total. The first-order valence-electron chi connectivity index (χ1n) is 10.4. The minimum atomic E-state index is -1.65. The molecule has 2 aliphatic rings. The van der Waals surface area contributed by atoms with E-state index < -0.39 is 24.5 Å². The molecule has 2 aliphatic heterocycles. The number of piperidine rings is 1. The Kier molecular flexibility index (Phi) is 5.93. The molecule has 2 aromatic carbocycles. The molecule has 4 rings (SSSR count). The predicted molar refractivity (Wildman–Crippen MR) is 112 cm³/mol. The summed E-state index contributed by atoms with van der Waals surface area (Å²) in [5.41, 5.74) is 0.351. The van der Waals surface area contributed by atoms with E-state index in [9.17, 15) is 19.1 Å². The highest BCUT2D eigenvalue weighted by Gasteiger charge is 2.47. The van der Waals surface area contributed by atoms with Gasteiger partial charge < -0.3 is 20.1 Å². The Hall–Kier alpha value is -2.97. The van der Waals surface area contributed by atoms with Crippen LogP contribution in [0.4, 0.5) is 4.39 Å². The number of rotatable bonds is 5. The van der Waals surface area contributed by atoms with Crippen molar-refractivity contribution in [1.29, 1.82) is 0 Å². The number of likely N-dealkylation sites (tertiary alicyclic amines) is 1. The molecular formula is C23H26FN3O4. The number of aliphatic hydroxyl groups is 1. The van der Waals surface area contributed by atoms with Gasteiger partial charge in [-0.15, -0.1) is 0 Å². The van der Waals surface area contributed by atoms with Gasteiger partial charge in [0.05, 0.1) is 0 Å². The summed E-state index contributed by atoms with van der Waals surface area (Å²) in [7, 11) is 0. The molecule has 2 fully saturated rings. The summed E-state index contributed by atoms with van der Waals surface area (Å²) in [6.07, 6.45) is 0.236. The van der Waals surface area contributed by atoms with Crippen LogP contribution in [0.2, 0.25) is 0 Å². The second kappa shape index (κ2) is 8.64. The highest BCUT2D eigenvalue weighted by molar-refractivity contribution is 5.95. The molecule has 0 bridgehead atoms. The van der Waals surface area contributed by atoms with Gasteiger partial charge in [-0.25, -0.2) is 4.39 Å². The van der Waals surface area contributed by atoms with Crippen LogP contribution in [0, 0.1) is 6.92 Å². The molecule has 2 aromatic rings. The Bertz CT molecular complexity index is 942. The summed E-state index contributed by atoms with van der Waals surface area (Å²) in [6.45, 7) is 2.18. The van der Waals surface area contributed by atoms with E-state index in [1.165, 1.54) is 5.56 Å². The molecule has 0 spiro atoms. The number of carbonyl (C=O) groups is 2. The first-order valence-corrected chi connectivity index (χ1v) is 10.4. The van der Waals surface area contributed by atoms with E-state index in [2.05, 4.69) is 10.6 Å². The number of ether oxygens (including phenoxy) is 1. The lowest BCUT2D eigenvalue weighted by molar-refractivity contribution is -0.125. The molecule has 2 amide bonds. The van der Waals surface area contributed by atoms with E-state index in [1.807, 2.05) is 31.2 Å². The van der Waals surface area contributed by atoms with Crippen LogP contribution in [0.3, 0.4) is 0 Å². The van der Waals surface area contributed by atoms with E-state index in [-0.39, 0.29) is 12.0 Å². The van der Waals surface area contributed by atoms with Crippen LogP contribution in [0.25, 0.3) is 0 Å². The third kappa shape index (κ3) is 4.26. The molecule has 0 saturated carbocycles. The standard InChI is InChI=1S/C23H26FN3O4/c1-15-2-8-18(9-3-15)31-19-10-12-27(13-11-19)20(28)16-4-6-17(7-5-16)23(14-24)21(29)25-22(30)26-23/h2-9,19,22,26,30H,10-14H2,1H3,(H,25,29). The number of alkyl halides is 1. The number of halogens is 1. The zero-order valence-electron chi connectivity index (χ0n) is 17.3. The first kappa shape index (κ1) is 21.3. The Morgan fingerprint density at radius 1 is 1.16 bits per heavy atom. The molecular weight excluding hydrogens is 401 g/mol. The Morgan fingerprint density at radius 3 is 2.35 bits per heavy atom. The number of benzene rings is 2. The van der Waals surface area contributed by atoms with Crippen molar-refractivity contribution in [2.24, 2.45) is 0 Å². The smallest absolute Gasteiger partial charge is 0.253 e. The third-order valence-electron chi connectivity index (χ3n) is 5.92. The van der Waals surface area contributed by atoms with Crippen molar-refractivity contribution in [2.45, 2.75) is 37.8 Å². The van der Waals surface area contributed by atoms with E-state index in [1.54, 1.807) is 29.2 Å². The third-order valence-corrected chi connectivity index (χ3v) is 5.92. The lowest BCUT2D eigenvalue weighted by atomic mass is 9.90. The molecule has 0 aliphatic carbocycles. The number of aliphatic hydroxyl groups excluding tert-OH is 1. The maximum absolute atomic E-state index is 13.7. The SMILES string of the molecule is Cc1ccc(OC2CCN(C(=O)c3ccc(C4(CF)NC(O)NC4=O)cc3)CC2)cc1. The largest absolute Gasteiger partial charge is 0.490 e. The van der Waals surface area contributed by atoms with Crippen LogP contribution in [0.1, 0.15) is 34.3 Å². The molecule has 2 heterocycles. The number of hydrogen-bond acceptors (Lipinski definition) is 5. The second-order valence-corrected chi connectivity index (χ2v) is 8.06. The van der Waals surface area contributed by atoms with Gasteiger partial charge in [-0.05, 0) is 36.8 Å². The normalized spacial score (nSPS) is 24.2. The Morgan fingerprint density at radius 2 is 1.81 bits per heavy atom. The average Bonchev–Trinajstić information content (AvgIpc) is 3.09. The summed E-state index contributed by atoms with van der Waals surface area (Å²) in [5.74, 6) is 0.0816. The summed E-state index contributed by atoms with van der Waals surface area (Å²) in [4.78, 5) is 26.8. The van der Waals surface area contributed by atoms with Crippen molar-refractivity contribution < 1.29 is 23.8 Å². The molecule has 2 atom stereocenters. The molecule has 164 valence electrons. The van der Waals surface area contributed by atoms with Crippen molar-refractivity contribution in [1.82, 2.24) is 15.5 Å². The van der Waals surface area contributed by atoms with Crippen LogP contribution in [-0.4, -0.2) is 54.0 Å². The maximum atomic E-state index is 13.7. The highest BCUT2D eigenvalue weighted by Crippen LogP contribution is 2.27. The zero-order valence-corrected chi connectivity index (χ0v) is 17.3. The summed E-state index contributed by atoms with van der Waals surface area (Å²) in [5, 5.41) is 14.4. The average molecular weight is 427 g/mol. The van der Waals surface area contributed by atoms with E-state index in [0.717, 1.165) is 18.6 Å².